The number of halogens is 2. The first kappa shape index (κ1) is 23.9. The fourth-order valence-electron chi connectivity index (χ4n) is 3.04. The van der Waals surface area contributed by atoms with E-state index in [1.807, 2.05) is 37.3 Å². The number of nitriles is 1. The Balaban J connectivity index is 1.80. The van der Waals surface area contributed by atoms with Gasteiger partial charge >= 0.3 is 5.97 Å². The second-order valence-corrected chi connectivity index (χ2v) is 7.88. The van der Waals surface area contributed by atoms with Crippen LogP contribution in [0.2, 0.25) is 10.0 Å². The van der Waals surface area contributed by atoms with E-state index in [0.717, 1.165) is 11.1 Å². The number of aromatic carboxylic acids is 1. The van der Waals surface area contributed by atoms with Gasteiger partial charge in [-0.15, -0.1) is 0 Å². The number of nitrogens with zero attached hydrogens (tertiary/aromatic N) is 1. The Morgan fingerprint density at radius 1 is 1.09 bits per heavy atom. The standard InChI is InChI=1S/C25H18Cl2N2O4/c1-15-5-4-6-16(9-15)14-33-23-20(26)11-17(12-21(23)27)10-18(13-28)24(30)29-22-8-3-2-7-19(22)25(31)32/h2-12H,14H2,1H3,(H,29,30)(H,31,32). The summed E-state index contributed by atoms with van der Waals surface area (Å²) in [6.45, 7) is 2.25. The molecule has 0 atom stereocenters. The highest BCUT2D eigenvalue weighted by molar-refractivity contribution is 6.37. The van der Waals surface area contributed by atoms with Gasteiger partial charge in [0, 0.05) is 0 Å². The topological polar surface area (TPSA) is 99.4 Å². The number of aryl methyl sites for hydroxylation is 1. The molecule has 2 N–H and O–H groups in total. The van der Waals surface area contributed by atoms with Crippen molar-refractivity contribution >= 4 is 46.8 Å². The van der Waals surface area contributed by atoms with E-state index in [4.69, 9.17) is 27.9 Å². The van der Waals surface area contributed by atoms with Gasteiger partial charge in [-0.3, -0.25) is 4.79 Å². The molecular weight excluding hydrogens is 463 g/mol. The monoisotopic (exact) mass is 480 g/mol. The average Bonchev–Trinajstić information content (AvgIpc) is 2.77. The predicted molar refractivity (Wildman–Crippen MR) is 128 cm³/mol. The molecule has 0 radical (unpaired) electrons. The summed E-state index contributed by atoms with van der Waals surface area (Å²) in [7, 11) is 0. The van der Waals surface area contributed by atoms with Gasteiger partial charge < -0.3 is 15.2 Å². The Bertz CT molecular complexity index is 1270. The van der Waals surface area contributed by atoms with Crippen molar-refractivity contribution in [2.45, 2.75) is 13.5 Å². The summed E-state index contributed by atoms with van der Waals surface area (Å²) >= 11 is 12.7. The lowest BCUT2D eigenvalue weighted by Crippen LogP contribution is -2.16. The summed E-state index contributed by atoms with van der Waals surface area (Å²) in [4.78, 5) is 23.9. The Morgan fingerprint density at radius 3 is 2.42 bits per heavy atom. The largest absolute Gasteiger partial charge is 0.486 e. The fraction of sp³-hybridized carbons (Fsp3) is 0.0800. The molecule has 0 aliphatic heterocycles. The smallest absolute Gasteiger partial charge is 0.337 e. The van der Waals surface area contributed by atoms with Gasteiger partial charge in [0.15, 0.2) is 5.75 Å². The Hall–Kier alpha value is -3.79. The summed E-state index contributed by atoms with van der Waals surface area (Å²) in [6, 6.07) is 18.6. The van der Waals surface area contributed by atoms with Crippen LogP contribution in [0, 0.1) is 18.3 Å². The maximum atomic E-state index is 12.6. The maximum Gasteiger partial charge on any atom is 0.337 e. The van der Waals surface area contributed by atoms with Crippen LogP contribution in [0.15, 0.2) is 66.2 Å². The molecule has 0 saturated heterocycles. The number of carbonyl (C=O) groups excluding carboxylic acids is 1. The number of ether oxygens (including phenoxy) is 1. The minimum absolute atomic E-state index is 0.0760. The molecule has 0 saturated carbocycles. The van der Waals surface area contributed by atoms with E-state index in [0.29, 0.717) is 5.56 Å². The fourth-order valence-corrected chi connectivity index (χ4v) is 3.65. The Morgan fingerprint density at radius 2 is 1.79 bits per heavy atom. The SMILES string of the molecule is Cc1cccc(COc2c(Cl)cc(C=C(C#N)C(=O)Nc3ccccc3C(=O)O)cc2Cl)c1. The van der Waals surface area contributed by atoms with E-state index in [2.05, 4.69) is 5.32 Å². The van der Waals surface area contributed by atoms with Crippen LogP contribution < -0.4 is 10.1 Å². The number of hydrogen-bond acceptors (Lipinski definition) is 4. The molecule has 8 heteroatoms. The predicted octanol–water partition coefficient (Wildman–Crippen LogP) is 6.12. The van der Waals surface area contributed by atoms with Crippen LogP contribution in [0.5, 0.6) is 5.75 Å². The molecule has 0 aliphatic rings. The van der Waals surface area contributed by atoms with E-state index < -0.39 is 11.9 Å². The van der Waals surface area contributed by atoms with Crippen molar-refractivity contribution in [3.63, 3.8) is 0 Å². The van der Waals surface area contributed by atoms with Gasteiger partial charge in [0.1, 0.15) is 18.2 Å². The number of amides is 1. The summed E-state index contributed by atoms with van der Waals surface area (Å²) < 4.78 is 5.77. The first-order valence-corrected chi connectivity index (χ1v) is 10.5. The van der Waals surface area contributed by atoms with Gasteiger partial charge in [0.05, 0.1) is 21.3 Å². The zero-order valence-corrected chi connectivity index (χ0v) is 18.9. The third kappa shape index (κ3) is 6.13. The van der Waals surface area contributed by atoms with Crippen molar-refractivity contribution in [3.8, 4) is 11.8 Å². The Labute approximate surface area is 200 Å². The van der Waals surface area contributed by atoms with Gasteiger partial charge in [0.2, 0.25) is 0 Å². The lowest BCUT2D eigenvalue weighted by atomic mass is 10.1. The molecule has 33 heavy (non-hydrogen) atoms. The zero-order valence-electron chi connectivity index (χ0n) is 17.4. The second-order valence-electron chi connectivity index (χ2n) is 7.07. The van der Waals surface area contributed by atoms with Crippen LogP contribution in [-0.4, -0.2) is 17.0 Å². The highest BCUT2D eigenvalue weighted by Crippen LogP contribution is 2.35. The van der Waals surface area contributed by atoms with E-state index in [9.17, 15) is 20.0 Å². The molecule has 3 aromatic carbocycles. The number of carboxylic acid groups (broad SMARTS) is 1. The quantitative estimate of drug-likeness (QED) is 0.313. The van der Waals surface area contributed by atoms with Gasteiger partial charge in [-0.1, -0.05) is 65.2 Å². The van der Waals surface area contributed by atoms with Crippen molar-refractivity contribution < 1.29 is 19.4 Å². The summed E-state index contributed by atoms with van der Waals surface area (Å²) in [6.07, 6.45) is 1.31. The summed E-state index contributed by atoms with van der Waals surface area (Å²) in [5.41, 5.74) is 2.19. The lowest BCUT2D eigenvalue weighted by Gasteiger charge is -2.12. The maximum absolute atomic E-state index is 12.6. The molecule has 166 valence electrons. The molecule has 0 heterocycles. The number of rotatable bonds is 7. The van der Waals surface area contributed by atoms with E-state index in [1.54, 1.807) is 6.07 Å². The third-order valence-electron chi connectivity index (χ3n) is 4.57. The summed E-state index contributed by atoms with van der Waals surface area (Å²) in [5.74, 6) is -1.68. The van der Waals surface area contributed by atoms with Crippen LogP contribution >= 0.6 is 23.2 Å². The molecule has 0 aromatic heterocycles. The molecule has 1 amide bonds. The average molecular weight is 481 g/mol. The van der Waals surface area contributed by atoms with Crippen molar-refractivity contribution in [3.05, 3.63) is 98.5 Å². The van der Waals surface area contributed by atoms with Crippen LogP contribution in [-0.2, 0) is 11.4 Å². The van der Waals surface area contributed by atoms with Gasteiger partial charge in [0.25, 0.3) is 5.91 Å². The van der Waals surface area contributed by atoms with E-state index >= 15 is 0 Å². The molecule has 3 aromatic rings. The Kier molecular flexibility index (Phi) is 7.73. The molecule has 0 fully saturated rings. The number of benzene rings is 3. The van der Waals surface area contributed by atoms with Crippen molar-refractivity contribution in [2.75, 3.05) is 5.32 Å². The highest BCUT2D eigenvalue weighted by atomic mass is 35.5. The zero-order chi connectivity index (χ0) is 24.0. The molecular formula is C25H18Cl2N2O4. The van der Waals surface area contributed by atoms with Crippen molar-refractivity contribution in [1.82, 2.24) is 0 Å². The van der Waals surface area contributed by atoms with Crippen LogP contribution in [0.25, 0.3) is 6.08 Å². The highest BCUT2D eigenvalue weighted by Gasteiger charge is 2.16. The third-order valence-corrected chi connectivity index (χ3v) is 5.13. The normalized spacial score (nSPS) is 10.9. The molecule has 0 unspecified atom stereocenters. The van der Waals surface area contributed by atoms with Gasteiger partial charge in [-0.05, 0) is 48.4 Å². The van der Waals surface area contributed by atoms with Crippen LogP contribution in [0.3, 0.4) is 0 Å². The van der Waals surface area contributed by atoms with Gasteiger partial charge in [-0.2, -0.15) is 5.26 Å². The van der Waals surface area contributed by atoms with E-state index in [1.165, 1.54) is 36.4 Å². The number of anilines is 1. The van der Waals surface area contributed by atoms with Crippen LogP contribution in [0.1, 0.15) is 27.0 Å². The number of para-hydroxylation sites is 1. The number of hydrogen-bond donors (Lipinski definition) is 2. The number of carboxylic acids is 1. The first-order chi connectivity index (χ1) is 15.8. The second kappa shape index (κ2) is 10.7. The van der Waals surface area contributed by atoms with Crippen molar-refractivity contribution in [1.29, 1.82) is 5.26 Å². The number of nitrogens with one attached hydrogen (secondary N) is 1. The van der Waals surface area contributed by atoms with Crippen molar-refractivity contribution in [2.24, 2.45) is 0 Å². The number of carbonyl (C=O) groups is 2. The summed E-state index contributed by atoms with van der Waals surface area (Å²) in [5, 5.41) is 21.6. The minimum atomic E-state index is -1.20. The molecule has 6 nitrogen and oxygen atoms in total. The van der Waals surface area contributed by atoms with Gasteiger partial charge in [-0.25, -0.2) is 4.79 Å². The minimum Gasteiger partial charge on any atom is -0.486 e. The van der Waals surface area contributed by atoms with E-state index in [-0.39, 0.29) is 39.2 Å². The lowest BCUT2D eigenvalue weighted by molar-refractivity contribution is -0.112. The van der Waals surface area contributed by atoms with Crippen LogP contribution in [0.4, 0.5) is 5.69 Å². The molecule has 0 spiro atoms. The molecule has 0 bridgehead atoms. The molecule has 0 aliphatic carbocycles. The molecule has 3 rings (SSSR count). The first-order valence-electron chi connectivity index (χ1n) is 9.71.